The fraction of sp³-hybridized carbons (Fsp3) is 0.263. The molecule has 1 N–H and O–H groups in total. The molecule has 0 unspecified atom stereocenters. The fourth-order valence-electron chi connectivity index (χ4n) is 3.66. The number of nitrogens with zero attached hydrogens (tertiary/aromatic N) is 5. The van der Waals surface area contributed by atoms with E-state index in [-0.39, 0.29) is 17.8 Å². The number of aromatic nitrogens is 5. The molecule has 1 aliphatic carbocycles. The van der Waals surface area contributed by atoms with Crippen molar-refractivity contribution in [2.75, 3.05) is 5.32 Å². The summed E-state index contributed by atoms with van der Waals surface area (Å²) >= 11 is 0. The molecule has 0 aliphatic heterocycles. The highest BCUT2D eigenvalue weighted by molar-refractivity contribution is 5.78. The van der Waals surface area contributed by atoms with Crippen LogP contribution in [-0.4, -0.2) is 30.1 Å². The third-order valence-corrected chi connectivity index (χ3v) is 5.15. The first-order chi connectivity index (χ1) is 12.7. The highest BCUT2D eigenvalue weighted by Gasteiger charge is 2.34. The predicted octanol–water partition coefficient (Wildman–Crippen LogP) is 2.49. The summed E-state index contributed by atoms with van der Waals surface area (Å²) in [6.07, 6.45) is 5.27. The smallest absolute Gasteiger partial charge is 0.330 e. The second-order valence-electron chi connectivity index (χ2n) is 6.78. The SMILES string of the molecule is Cn1c(=O)n([C@H]2C[C@H](Nc3ncc4ccccc4n3)C2)c2ncccc21. The molecule has 1 aliphatic rings. The van der Waals surface area contributed by atoms with E-state index in [1.807, 2.05) is 47.2 Å². The van der Waals surface area contributed by atoms with E-state index in [2.05, 4.69) is 20.3 Å². The van der Waals surface area contributed by atoms with Crippen LogP contribution in [0.4, 0.5) is 5.95 Å². The lowest BCUT2D eigenvalue weighted by molar-refractivity contribution is 0.280. The molecule has 26 heavy (non-hydrogen) atoms. The molecule has 130 valence electrons. The van der Waals surface area contributed by atoms with Gasteiger partial charge in [-0.1, -0.05) is 18.2 Å². The Balaban J connectivity index is 1.36. The van der Waals surface area contributed by atoms with E-state index in [9.17, 15) is 4.79 Å². The first-order valence-corrected chi connectivity index (χ1v) is 8.71. The normalized spacial score (nSPS) is 19.6. The van der Waals surface area contributed by atoms with Gasteiger partial charge in [-0.05, 0) is 31.0 Å². The molecule has 0 spiro atoms. The zero-order valence-electron chi connectivity index (χ0n) is 14.3. The van der Waals surface area contributed by atoms with Gasteiger partial charge in [0.1, 0.15) is 0 Å². The van der Waals surface area contributed by atoms with E-state index in [1.54, 1.807) is 17.8 Å². The van der Waals surface area contributed by atoms with Crippen LogP contribution in [0.3, 0.4) is 0 Å². The lowest BCUT2D eigenvalue weighted by Crippen LogP contribution is -2.41. The summed E-state index contributed by atoms with van der Waals surface area (Å²) in [6, 6.07) is 12.1. The number of pyridine rings is 1. The third kappa shape index (κ3) is 2.28. The molecule has 5 rings (SSSR count). The largest absolute Gasteiger partial charge is 0.351 e. The average molecular weight is 346 g/mol. The maximum Gasteiger partial charge on any atom is 0.330 e. The average Bonchev–Trinajstić information content (AvgIpc) is 2.89. The molecule has 0 radical (unpaired) electrons. The number of aryl methyl sites for hydroxylation is 1. The summed E-state index contributed by atoms with van der Waals surface area (Å²) in [4.78, 5) is 25.9. The number of imidazole rings is 1. The van der Waals surface area contributed by atoms with Gasteiger partial charge in [0.15, 0.2) is 5.65 Å². The molecule has 0 amide bonds. The van der Waals surface area contributed by atoms with E-state index in [0.717, 1.165) is 34.9 Å². The highest BCUT2D eigenvalue weighted by Crippen LogP contribution is 2.34. The molecule has 0 atom stereocenters. The standard InChI is InChI=1S/C19H18N6O/c1-24-16-7-4-8-20-17(16)25(19(24)26)14-9-13(10-14)22-18-21-11-12-5-2-3-6-15(12)23-18/h2-8,11,13-14H,9-10H2,1H3,(H,21,22,23)/t13-,14-. The van der Waals surface area contributed by atoms with Crippen LogP contribution in [0.2, 0.25) is 0 Å². The van der Waals surface area contributed by atoms with Crippen molar-refractivity contribution < 1.29 is 0 Å². The van der Waals surface area contributed by atoms with Gasteiger partial charge in [-0.3, -0.25) is 9.13 Å². The van der Waals surface area contributed by atoms with Crippen LogP contribution in [0, 0.1) is 0 Å². The van der Waals surface area contributed by atoms with E-state index >= 15 is 0 Å². The minimum Gasteiger partial charge on any atom is -0.351 e. The van der Waals surface area contributed by atoms with Gasteiger partial charge >= 0.3 is 5.69 Å². The molecule has 1 saturated carbocycles. The molecular weight excluding hydrogens is 328 g/mol. The highest BCUT2D eigenvalue weighted by atomic mass is 16.1. The Morgan fingerprint density at radius 3 is 2.85 bits per heavy atom. The summed E-state index contributed by atoms with van der Waals surface area (Å²) < 4.78 is 3.48. The third-order valence-electron chi connectivity index (χ3n) is 5.15. The van der Waals surface area contributed by atoms with Crippen LogP contribution in [0.25, 0.3) is 22.1 Å². The van der Waals surface area contributed by atoms with Crippen LogP contribution >= 0.6 is 0 Å². The molecule has 0 bridgehead atoms. The van der Waals surface area contributed by atoms with Gasteiger partial charge in [-0.25, -0.2) is 19.7 Å². The summed E-state index contributed by atoms with van der Waals surface area (Å²) in [6.45, 7) is 0. The van der Waals surface area contributed by atoms with Gasteiger partial charge in [-0.15, -0.1) is 0 Å². The van der Waals surface area contributed by atoms with Crippen molar-refractivity contribution >= 4 is 28.0 Å². The van der Waals surface area contributed by atoms with Crippen molar-refractivity contribution in [2.24, 2.45) is 7.05 Å². The van der Waals surface area contributed by atoms with Crippen molar-refractivity contribution in [3.63, 3.8) is 0 Å². The molecule has 3 aromatic heterocycles. The predicted molar refractivity (Wildman–Crippen MR) is 100 cm³/mol. The second kappa shape index (κ2) is 5.66. The van der Waals surface area contributed by atoms with Crippen LogP contribution in [0.5, 0.6) is 0 Å². The van der Waals surface area contributed by atoms with Gasteiger partial charge < -0.3 is 5.32 Å². The number of hydrogen-bond acceptors (Lipinski definition) is 5. The van der Waals surface area contributed by atoms with Crippen molar-refractivity contribution in [1.82, 2.24) is 24.1 Å². The monoisotopic (exact) mass is 346 g/mol. The summed E-state index contributed by atoms with van der Waals surface area (Å²) in [7, 11) is 1.79. The lowest BCUT2D eigenvalue weighted by Gasteiger charge is -2.36. The Morgan fingerprint density at radius 1 is 1.12 bits per heavy atom. The van der Waals surface area contributed by atoms with Gasteiger partial charge in [0.2, 0.25) is 5.95 Å². The zero-order chi connectivity index (χ0) is 17.7. The Hall–Kier alpha value is -3.22. The molecule has 0 saturated heterocycles. The molecule has 4 aromatic rings. The van der Waals surface area contributed by atoms with E-state index < -0.39 is 0 Å². The van der Waals surface area contributed by atoms with Crippen LogP contribution in [-0.2, 0) is 7.05 Å². The summed E-state index contributed by atoms with van der Waals surface area (Å²) in [5, 5.41) is 4.41. The topological polar surface area (TPSA) is 77.6 Å². The quantitative estimate of drug-likeness (QED) is 0.617. The number of fused-ring (bicyclic) bond motifs is 2. The van der Waals surface area contributed by atoms with Crippen LogP contribution in [0.15, 0.2) is 53.6 Å². The Bertz CT molecular complexity index is 1170. The molecule has 1 fully saturated rings. The van der Waals surface area contributed by atoms with Crippen molar-refractivity contribution in [2.45, 2.75) is 24.9 Å². The first-order valence-electron chi connectivity index (χ1n) is 8.71. The van der Waals surface area contributed by atoms with Gasteiger partial charge in [0.25, 0.3) is 0 Å². The number of rotatable bonds is 3. The minimum atomic E-state index is -0.0101. The molecule has 1 aromatic carbocycles. The van der Waals surface area contributed by atoms with E-state index in [1.165, 1.54) is 0 Å². The molecular formula is C19H18N6O. The number of hydrogen-bond donors (Lipinski definition) is 1. The van der Waals surface area contributed by atoms with Crippen molar-refractivity contribution in [3.8, 4) is 0 Å². The van der Waals surface area contributed by atoms with E-state index in [4.69, 9.17) is 0 Å². The Labute approximate surface area is 149 Å². The summed E-state index contributed by atoms with van der Waals surface area (Å²) in [5.74, 6) is 0.635. The maximum absolute atomic E-state index is 12.6. The fourth-order valence-corrected chi connectivity index (χ4v) is 3.66. The van der Waals surface area contributed by atoms with Crippen LogP contribution < -0.4 is 11.0 Å². The molecule has 7 nitrogen and oxygen atoms in total. The number of benzene rings is 1. The van der Waals surface area contributed by atoms with Gasteiger partial charge in [0, 0.05) is 36.9 Å². The number of para-hydroxylation sites is 1. The summed E-state index contributed by atoms with van der Waals surface area (Å²) in [5.41, 5.74) is 2.54. The van der Waals surface area contributed by atoms with Gasteiger partial charge in [0.05, 0.1) is 11.0 Å². The maximum atomic E-state index is 12.6. The number of nitrogens with one attached hydrogen (secondary N) is 1. The van der Waals surface area contributed by atoms with Gasteiger partial charge in [-0.2, -0.15) is 0 Å². The molecule has 3 heterocycles. The minimum absolute atomic E-state index is 0.0101. The number of anilines is 1. The first kappa shape index (κ1) is 15.1. The Kier molecular flexibility index (Phi) is 3.28. The molecule has 7 heteroatoms. The zero-order valence-corrected chi connectivity index (χ0v) is 14.3. The Morgan fingerprint density at radius 2 is 1.96 bits per heavy atom. The van der Waals surface area contributed by atoms with Crippen molar-refractivity contribution in [1.29, 1.82) is 0 Å². The van der Waals surface area contributed by atoms with E-state index in [0.29, 0.717) is 5.95 Å². The lowest BCUT2D eigenvalue weighted by atomic mass is 9.86. The van der Waals surface area contributed by atoms with Crippen molar-refractivity contribution in [3.05, 3.63) is 59.3 Å². The second-order valence-corrected chi connectivity index (χ2v) is 6.78. The van der Waals surface area contributed by atoms with Crippen LogP contribution in [0.1, 0.15) is 18.9 Å².